The van der Waals surface area contributed by atoms with Gasteiger partial charge in [-0.15, -0.1) is 10.2 Å². The third-order valence-corrected chi connectivity index (χ3v) is 7.78. The maximum absolute atomic E-state index is 13.1. The second-order valence-electron chi connectivity index (χ2n) is 8.08. The maximum Gasteiger partial charge on any atom is 0.319 e. The molecule has 0 radical (unpaired) electrons. The topological polar surface area (TPSA) is 101 Å². The first-order valence-corrected chi connectivity index (χ1v) is 11.8. The SMILES string of the molecule is COc1cccc(S(=O)(=O)N2CCn3c(nnc3C3CCN(C(=O)N(C)C)CC3)C2)c1. The molecule has 2 aromatic rings. The average Bonchev–Trinajstić information content (AvgIpc) is 3.22. The summed E-state index contributed by atoms with van der Waals surface area (Å²) in [6.07, 6.45) is 1.65. The molecule has 2 aliphatic heterocycles. The van der Waals surface area contributed by atoms with Crippen LogP contribution in [0.2, 0.25) is 0 Å². The summed E-state index contributed by atoms with van der Waals surface area (Å²) in [5, 5.41) is 8.70. The highest BCUT2D eigenvalue weighted by Gasteiger charge is 2.34. The Morgan fingerprint density at radius 2 is 1.87 bits per heavy atom. The zero-order valence-electron chi connectivity index (χ0n) is 18.1. The van der Waals surface area contributed by atoms with Gasteiger partial charge in [0.1, 0.15) is 17.4 Å². The molecule has 0 aliphatic carbocycles. The first-order valence-electron chi connectivity index (χ1n) is 10.3. The largest absolute Gasteiger partial charge is 0.497 e. The van der Waals surface area contributed by atoms with Crippen LogP contribution in [-0.2, 0) is 23.1 Å². The maximum atomic E-state index is 13.1. The molecule has 0 saturated carbocycles. The Morgan fingerprint density at radius 1 is 1.13 bits per heavy atom. The number of urea groups is 1. The quantitative estimate of drug-likeness (QED) is 0.700. The van der Waals surface area contributed by atoms with Gasteiger partial charge >= 0.3 is 6.03 Å². The van der Waals surface area contributed by atoms with Gasteiger partial charge in [-0.25, -0.2) is 13.2 Å². The number of hydrogen-bond acceptors (Lipinski definition) is 6. The highest BCUT2D eigenvalue weighted by atomic mass is 32.2. The van der Waals surface area contributed by atoms with Crippen molar-refractivity contribution >= 4 is 16.1 Å². The number of sulfonamides is 1. The molecule has 10 nitrogen and oxygen atoms in total. The number of fused-ring (bicyclic) bond motifs is 1. The monoisotopic (exact) mass is 448 g/mol. The first-order chi connectivity index (χ1) is 14.8. The van der Waals surface area contributed by atoms with Gasteiger partial charge in [0.05, 0.1) is 18.6 Å². The number of amides is 2. The molecule has 1 aromatic heterocycles. The summed E-state index contributed by atoms with van der Waals surface area (Å²) >= 11 is 0. The number of benzene rings is 1. The van der Waals surface area contributed by atoms with Crippen molar-refractivity contribution in [3.63, 3.8) is 0 Å². The van der Waals surface area contributed by atoms with Crippen molar-refractivity contribution in [3.05, 3.63) is 35.9 Å². The minimum Gasteiger partial charge on any atom is -0.497 e. The van der Waals surface area contributed by atoms with E-state index < -0.39 is 10.0 Å². The lowest BCUT2D eigenvalue weighted by atomic mass is 9.96. The van der Waals surface area contributed by atoms with Gasteiger partial charge < -0.3 is 19.1 Å². The number of carbonyl (C=O) groups is 1. The summed E-state index contributed by atoms with van der Waals surface area (Å²) in [6, 6.07) is 6.52. The van der Waals surface area contributed by atoms with Gasteiger partial charge in [0.15, 0.2) is 0 Å². The zero-order chi connectivity index (χ0) is 22.2. The van der Waals surface area contributed by atoms with Gasteiger partial charge in [-0.1, -0.05) is 6.07 Å². The predicted molar refractivity (Wildman–Crippen MR) is 113 cm³/mol. The fourth-order valence-corrected chi connectivity index (χ4v) is 5.61. The van der Waals surface area contributed by atoms with Crippen LogP contribution < -0.4 is 4.74 Å². The van der Waals surface area contributed by atoms with Crippen molar-refractivity contribution in [2.45, 2.75) is 36.7 Å². The zero-order valence-corrected chi connectivity index (χ0v) is 18.9. The highest BCUT2D eigenvalue weighted by molar-refractivity contribution is 7.89. The van der Waals surface area contributed by atoms with E-state index in [-0.39, 0.29) is 23.4 Å². The fraction of sp³-hybridized carbons (Fsp3) is 0.550. The molecule has 0 atom stereocenters. The molecule has 0 bridgehead atoms. The van der Waals surface area contributed by atoms with Gasteiger partial charge in [0.2, 0.25) is 10.0 Å². The third kappa shape index (κ3) is 4.11. The lowest BCUT2D eigenvalue weighted by Gasteiger charge is -2.34. The molecular weight excluding hydrogens is 420 g/mol. The summed E-state index contributed by atoms with van der Waals surface area (Å²) in [7, 11) is 1.37. The van der Waals surface area contributed by atoms with Crippen molar-refractivity contribution < 1.29 is 17.9 Å². The van der Waals surface area contributed by atoms with Crippen LogP contribution in [0.5, 0.6) is 5.75 Å². The van der Waals surface area contributed by atoms with E-state index in [0.29, 0.717) is 37.8 Å². The van der Waals surface area contributed by atoms with E-state index in [1.165, 1.54) is 17.5 Å². The number of piperidine rings is 1. The number of aromatic nitrogens is 3. The van der Waals surface area contributed by atoms with Gasteiger partial charge in [-0.2, -0.15) is 4.31 Å². The Kier molecular flexibility index (Phi) is 5.89. The summed E-state index contributed by atoms with van der Waals surface area (Å²) in [6.45, 7) is 2.41. The Labute approximate surface area is 182 Å². The van der Waals surface area contributed by atoms with Crippen molar-refractivity contribution in [1.29, 1.82) is 0 Å². The van der Waals surface area contributed by atoms with Crippen LogP contribution in [0.1, 0.15) is 30.4 Å². The van der Waals surface area contributed by atoms with E-state index >= 15 is 0 Å². The Hall–Kier alpha value is -2.66. The van der Waals surface area contributed by atoms with Crippen molar-refractivity contribution in [3.8, 4) is 5.75 Å². The van der Waals surface area contributed by atoms with Crippen molar-refractivity contribution in [2.75, 3.05) is 40.8 Å². The molecule has 11 heteroatoms. The van der Waals surface area contributed by atoms with Gasteiger partial charge in [0.25, 0.3) is 0 Å². The summed E-state index contributed by atoms with van der Waals surface area (Å²) < 4.78 is 34.8. The molecule has 2 amide bonds. The Morgan fingerprint density at radius 3 is 2.55 bits per heavy atom. The summed E-state index contributed by atoms with van der Waals surface area (Å²) in [4.78, 5) is 15.8. The minimum atomic E-state index is -3.65. The number of likely N-dealkylation sites (tertiary alicyclic amines) is 1. The normalized spacial score (nSPS) is 18.0. The lowest BCUT2D eigenvalue weighted by Crippen LogP contribution is -2.44. The molecular formula is C20H28N6O4S. The molecule has 2 aliphatic rings. The van der Waals surface area contributed by atoms with Crippen LogP contribution in [0.3, 0.4) is 0 Å². The molecule has 3 heterocycles. The van der Waals surface area contributed by atoms with Crippen LogP contribution in [0.25, 0.3) is 0 Å². The first kappa shape index (κ1) is 21.6. The average molecular weight is 449 g/mol. The van der Waals surface area contributed by atoms with Crippen LogP contribution in [0.4, 0.5) is 4.79 Å². The Balaban J connectivity index is 1.47. The standard InChI is InChI=1S/C20H28N6O4S/c1-23(2)20(27)24-9-7-15(8-10-24)19-22-21-18-14-25(11-12-26(18)19)31(28,29)17-6-4-5-16(13-17)30-3/h4-6,13,15H,7-12,14H2,1-3H3. The Bertz CT molecular complexity index is 1060. The van der Waals surface area contributed by atoms with Crippen LogP contribution >= 0.6 is 0 Å². The molecule has 0 unspecified atom stereocenters. The predicted octanol–water partition coefficient (Wildman–Crippen LogP) is 1.35. The number of ether oxygens (including phenoxy) is 1. The fourth-order valence-electron chi connectivity index (χ4n) is 4.19. The summed E-state index contributed by atoms with van der Waals surface area (Å²) in [5.74, 6) is 2.27. The van der Waals surface area contributed by atoms with Gasteiger partial charge in [-0.3, -0.25) is 0 Å². The van der Waals surface area contributed by atoms with Gasteiger partial charge in [0, 0.05) is 52.3 Å². The molecule has 31 heavy (non-hydrogen) atoms. The number of methoxy groups -OCH3 is 1. The molecule has 0 spiro atoms. The van der Waals surface area contributed by atoms with E-state index in [1.54, 1.807) is 37.2 Å². The number of nitrogens with zero attached hydrogens (tertiary/aromatic N) is 6. The third-order valence-electron chi connectivity index (χ3n) is 5.94. The van der Waals surface area contributed by atoms with Crippen LogP contribution in [-0.4, -0.2) is 84.2 Å². The van der Waals surface area contributed by atoms with E-state index in [4.69, 9.17) is 4.74 Å². The molecule has 1 fully saturated rings. The minimum absolute atomic E-state index is 0.0279. The smallest absolute Gasteiger partial charge is 0.319 e. The van der Waals surface area contributed by atoms with Crippen LogP contribution in [0.15, 0.2) is 29.2 Å². The second kappa shape index (κ2) is 8.46. The highest BCUT2D eigenvalue weighted by Crippen LogP contribution is 2.30. The summed E-state index contributed by atoms with van der Waals surface area (Å²) in [5.41, 5.74) is 0. The molecule has 0 N–H and O–H groups in total. The van der Waals surface area contributed by atoms with E-state index in [1.807, 2.05) is 9.47 Å². The van der Waals surface area contributed by atoms with Gasteiger partial charge in [-0.05, 0) is 25.0 Å². The number of carbonyl (C=O) groups excluding carboxylic acids is 1. The molecule has 1 aromatic carbocycles. The lowest BCUT2D eigenvalue weighted by molar-refractivity contribution is 0.155. The molecule has 4 rings (SSSR count). The van der Waals surface area contributed by atoms with Crippen molar-refractivity contribution in [1.82, 2.24) is 28.9 Å². The van der Waals surface area contributed by atoms with E-state index in [0.717, 1.165) is 18.7 Å². The second-order valence-corrected chi connectivity index (χ2v) is 10.0. The number of hydrogen-bond donors (Lipinski definition) is 0. The van der Waals surface area contributed by atoms with Crippen molar-refractivity contribution in [2.24, 2.45) is 0 Å². The van der Waals surface area contributed by atoms with Crippen LogP contribution in [0, 0.1) is 0 Å². The van der Waals surface area contributed by atoms with E-state index in [2.05, 4.69) is 10.2 Å². The number of rotatable bonds is 4. The molecule has 168 valence electrons. The van der Waals surface area contributed by atoms with E-state index in [9.17, 15) is 13.2 Å². The molecule has 1 saturated heterocycles.